The Labute approximate surface area is 142 Å². The van der Waals surface area contributed by atoms with Crippen LogP contribution in [-0.4, -0.2) is 18.6 Å². The molecule has 116 valence electrons. The van der Waals surface area contributed by atoms with E-state index in [9.17, 15) is 0 Å². The van der Waals surface area contributed by atoms with Crippen molar-refractivity contribution in [1.82, 2.24) is 4.98 Å². The van der Waals surface area contributed by atoms with Crippen molar-refractivity contribution < 1.29 is 4.74 Å². The third kappa shape index (κ3) is 3.07. The number of halogens is 1. The maximum Gasteiger partial charge on any atom is 0.119 e. The first-order valence-corrected chi connectivity index (χ1v) is 8.98. The van der Waals surface area contributed by atoms with Gasteiger partial charge in [0.15, 0.2) is 0 Å². The van der Waals surface area contributed by atoms with E-state index in [1.165, 1.54) is 21.5 Å². The maximum atomic E-state index is 5.65. The number of methoxy groups -OCH3 is 1. The lowest BCUT2D eigenvalue weighted by Gasteiger charge is -2.04. The van der Waals surface area contributed by atoms with Crippen molar-refractivity contribution in [3.8, 4) is 16.3 Å². The van der Waals surface area contributed by atoms with E-state index in [1.54, 1.807) is 18.4 Å². The average Bonchev–Trinajstić information content (AvgIpc) is 3.11. The zero-order chi connectivity index (χ0) is 15.5. The Morgan fingerprint density at radius 2 is 2.09 bits per heavy atom. The van der Waals surface area contributed by atoms with Crippen LogP contribution >= 0.6 is 27.3 Å². The smallest absolute Gasteiger partial charge is 0.119 e. The normalized spacial score (nSPS) is 11.2. The zero-order valence-corrected chi connectivity index (χ0v) is 14.9. The summed E-state index contributed by atoms with van der Waals surface area (Å²) in [5.41, 5.74) is 9.38. The van der Waals surface area contributed by atoms with E-state index in [0.29, 0.717) is 0 Å². The molecule has 0 aliphatic carbocycles. The van der Waals surface area contributed by atoms with E-state index in [2.05, 4.69) is 45.2 Å². The highest BCUT2D eigenvalue weighted by atomic mass is 79.9. The molecule has 3 nitrogen and oxygen atoms in total. The number of ether oxygens (including phenoxy) is 1. The standard InChI is InChI=1S/C17H19BrN2OS/c1-21-11-5-6-14-13(10-11)12(4-2-3-9-19)17(20-14)15-7-8-16(18)22-15/h5-8,10,20H,2-4,9,19H2,1H3. The number of fused-ring (bicyclic) bond motifs is 1. The first-order chi connectivity index (χ1) is 10.7. The molecule has 0 aliphatic rings. The van der Waals surface area contributed by atoms with Gasteiger partial charge in [-0.25, -0.2) is 0 Å². The van der Waals surface area contributed by atoms with Crippen LogP contribution in [0.1, 0.15) is 18.4 Å². The number of hydrogen-bond acceptors (Lipinski definition) is 3. The van der Waals surface area contributed by atoms with E-state index in [0.717, 1.165) is 40.9 Å². The number of aromatic nitrogens is 1. The van der Waals surface area contributed by atoms with Crippen LogP contribution in [-0.2, 0) is 6.42 Å². The van der Waals surface area contributed by atoms with Crippen LogP contribution in [0, 0.1) is 0 Å². The Kier molecular flexibility index (Phi) is 4.86. The molecule has 0 unspecified atom stereocenters. The quantitative estimate of drug-likeness (QED) is 0.596. The molecule has 2 heterocycles. The third-order valence-electron chi connectivity index (χ3n) is 3.81. The Morgan fingerprint density at radius 3 is 2.77 bits per heavy atom. The molecule has 2 aromatic heterocycles. The fraction of sp³-hybridized carbons (Fsp3) is 0.294. The lowest BCUT2D eigenvalue weighted by atomic mass is 10.0. The lowest BCUT2D eigenvalue weighted by molar-refractivity contribution is 0.415. The molecular formula is C17H19BrN2OS. The van der Waals surface area contributed by atoms with E-state index < -0.39 is 0 Å². The van der Waals surface area contributed by atoms with Gasteiger partial charge in [-0.15, -0.1) is 11.3 Å². The van der Waals surface area contributed by atoms with Gasteiger partial charge in [0, 0.05) is 10.9 Å². The highest BCUT2D eigenvalue weighted by Crippen LogP contribution is 2.37. The first-order valence-electron chi connectivity index (χ1n) is 7.37. The second-order valence-corrected chi connectivity index (χ2v) is 7.70. The van der Waals surface area contributed by atoms with Gasteiger partial charge in [0.25, 0.3) is 0 Å². The predicted molar refractivity (Wildman–Crippen MR) is 97.9 cm³/mol. The minimum atomic E-state index is 0.742. The summed E-state index contributed by atoms with van der Waals surface area (Å²) in [7, 11) is 1.71. The van der Waals surface area contributed by atoms with Crippen LogP contribution in [0.25, 0.3) is 21.5 Å². The molecule has 3 rings (SSSR count). The summed E-state index contributed by atoms with van der Waals surface area (Å²) in [5.74, 6) is 0.894. The molecule has 0 aliphatic heterocycles. The van der Waals surface area contributed by atoms with Crippen molar-refractivity contribution in [3.63, 3.8) is 0 Å². The summed E-state index contributed by atoms with van der Waals surface area (Å²) in [6, 6.07) is 10.5. The van der Waals surface area contributed by atoms with Gasteiger partial charge in [0.05, 0.1) is 21.5 Å². The molecule has 3 N–H and O–H groups in total. The number of H-pyrrole nitrogens is 1. The molecule has 1 aromatic carbocycles. The monoisotopic (exact) mass is 378 g/mol. The van der Waals surface area contributed by atoms with E-state index in [1.807, 2.05) is 6.07 Å². The highest BCUT2D eigenvalue weighted by Gasteiger charge is 2.15. The van der Waals surface area contributed by atoms with Crippen LogP contribution in [0.4, 0.5) is 0 Å². The fourth-order valence-electron chi connectivity index (χ4n) is 2.72. The van der Waals surface area contributed by atoms with Crippen molar-refractivity contribution in [2.24, 2.45) is 5.73 Å². The Balaban J connectivity index is 2.10. The summed E-state index contributed by atoms with van der Waals surface area (Å²) < 4.78 is 6.53. The number of rotatable bonds is 6. The van der Waals surface area contributed by atoms with Gasteiger partial charge in [-0.2, -0.15) is 0 Å². The molecule has 3 aromatic rings. The van der Waals surface area contributed by atoms with Crippen LogP contribution in [0.15, 0.2) is 34.1 Å². The van der Waals surface area contributed by atoms with Crippen LogP contribution in [0.5, 0.6) is 5.75 Å². The largest absolute Gasteiger partial charge is 0.497 e. The third-order valence-corrected chi connectivity index (χ3v) is 5.45. The van der Waals surface area contributed by atoms with Crippen molar-refractivity contribution >= 4 is 38.2 Å². The van der Waals surface area contributed by atoms with Gasteiger partial charge in [-0.05, 0) is 77.6 Å². The molecule has 22 heavy (non-hydrogen) atoms. The highest BCUT2D eigenvalue weighted by molar-refractivity contribution is 9.11. The number of hydrogen-bond donors (Lipinski definition) is 2. The summed E-state index contributed by atoms with van der Waals surface area (Å²) in [5, 5.41) is 1.25. The molecule has 0 atom stereocenters. The van der Waals surface area contributed by atoms with Crippen molar-refractivity contribution in [2.45, 2.75) is 19.3 Å². The van der Waals surface area contributed by atoms with Gasteiger partial charge >= 0.3 is 0 Å². The van der Waals surface area contributed by atoms with E-state index in [4.69, 9.17) is 10.5 Å². The van der Waals surface area contributed by atoms with Gasteiger partial charge in [-0.1, -0.05) is 0 Å². The maximum absolute atomic E-state index is 5.65. The average molecular weight is 379 g/mol. The molecule has 0 radical (unpaired) electrons. The number of benzene rings is 1. The molecule has 0 bridgehead atoms. The van der Waals surface area contributed by atoms with Gasteiger partial charge < -0.3 is 15.5 Å². The van der Waals surface area contributed by atoms with Crippen LogP contribution < -0.4 is 10.5 Å². The number of aromatic amines is 1. The minimum absolute atomic E-state index is 0.742. The molecular weight excluding hydrogens is 360 g/mol. The molecule has 5 heteroatoms. The second-order valence-electron chi connectivity index (χ2n) is 5.24. The van der Waals surface area contributed by atoms with E-state index >= 15 is 0 Å². The lowest BCUT2D eigenvalue weighted by Crippen LogP contribution is -1.99. The number of thiophene rings is 1. The Hall–Kier alpha value is -1.30. The second kappa shape index (κ2) is 6.86. The van der Waals surface area contributed by atoms with Gasteiger partial charge in [-0.3, -0.25) is 0 Å². The molecule has 0 saturated heterocycles. The van der Waals surface area contributed by atoms with Crippen molar-refractivity contribution in [3.05, 3.63) is 39.7 Å². The van der Waals surface area contributed by atoms with E-state index in [-0.39, 0.29) is 0 Å². The Bertz CT molecular complexity index is 778. The van der Waals surface area contributed by atoms with Gasteiger partial charge in [0.1, 0.15) is 5.75 Å². The number of aryl methyl sites for hydroxylation is 1. The van der Waals surface area contributed by atoms with Crippen LogP contribution in [0.3, 0.4) is 0 Å². The zero-order valence-electron chi connectivity index (χ0n) is 12.5. The summed E-state index contributed by atoms with van der Waals surface area (Å²) in [6.45, 7) is 0.742. The van der Waals surface area contributed by atoms with Gasteiger partial charge in [0.2, 0.25) is 0 Å². The molecule has 0 spiro atoms. The van der Waals surface area contributed by atoms with Crippen molar-refractivity contribution in [1.29, 1.82) is 0 Å². The number of nitrogens with one attached hydrogen (secondary N) is 1. The first kappa shape index (κ1) is 15.6. The number of unbranched alkanes of at least 4 members (excludes halogenated alkanes) is 1. The molecule has 0 amide bonds. The fourth-order valence-corrected chi connectivity index (χ4v) is 4.13. The SMILES string of the molecule is COc1ccc2[nH]c(-c3ccc(Br)s3)c(CCCCN)c2c1. The minimum Gasteiger partial charge on any atom is -0.497 e. The molecule has 0 fully saturated rings. The van der Waals surface area contributed by atoms with Crippen molar-refractivity contribution in [2.75, 3.05) is 13.7 Å². The Morgan fingerprint density at radius 1 is 1.23 bits per heavy atom. The number of nitrogens with two attached hydrogens (primary N) is 1. The molecule has 0 saturated carbocycles. The van der Waals surface area contributed by atoms with Crippen LogP contribution in [0.2, 0.25) is 0 Å². The predicted octanol–water partition coefficient (Wildman–Crippen LogP) is 4.95. The summed E-state index contributed by atoms with van der Waals surface area (Å²) >= 11 is 5.30. The summed E-state index contributed by atoms with van der Waals surface area (Å²) in [4.78, 5) is 4.83. The summed E-state index contributed by atoms with van der Waals surface area (Å²) in [6.07, 6.45) is 3.17. The topological polar surface area (TPSA) is 51.0 Å².